The van der Waals surface area contributed by atoms with Gasteiger partial charge in [0.1, 0.15) is 4.90 Å². The number of rotatable bonds is 2. The predicted octanol–water partition coefficient (Wildman–Crippen LogP) is 2.37. The molecule has 6 heteroatoms. The zero-order valence-corrected chi connectivity index (χ0v) is 12.5. The van der Waals surface area contributed by atoms with Gasteiger partial charge in [-0.3, -0.25) is 0 Å². The molecule has 1 heterocycles. The van der Waals surface area contributed by atoms with Gasteiger partial charge in [0.25, 0.3) is 0 Å². The van der Waals surface area contributed by atoms with Gasteiger partial charge in [-0.1, -0.05) is 27.6 Å². The normalized spacial score (nSPS) is 17.6. The molecule has 1 aliphatic rings. The Morgan fingerprint density at radius 1 is 1.39 bits per heavy atom. The summed E-state index contributed by atoms with van der Waals surface area (Å²) in [4.78, 5) is 0.171. The summed E-state index contributed by atoms with van der Waals surface area (Å²) in [5.74, 6) is 0. The topological polar surface area (TPSA) is 63.4 Å². The van der Waals surface area contributed by atoms with E-state index in [0.29, 0.717) is 17.6 Å². The first-order valence-electron chi connectivity index (χ1n) is 5.62. The Hall–Kier alpha value is -0.850. The van der Waals surface area contributed by atoms with Crippen LogP contribution in [0.3, 0.4) is 0 Å². The minimum Gasteiger partial charge on any atom is -0.398 e. The van der Waals surface area contributed by atoms with Gasteiger partial charge in [0.2, 0.25) is 10.0 Å². The number of nitrogens with zero attached hydrogens (tertiary/aromatic N) is 1. The highest BCUT2D eigenvalue weighted by Gasteiger charge is 2.27. The molecule has 2 N–H and O–H groups in total. The molecule has 1 aromatic carbocycles. The summed E-state index contributed by atoms with van der Waals surface area (Å²) in [5.41, 5.74) is 7.27. The first kappa shape index (κ1) is 13.6. The van der Waals surface area contributed by atoms with Crippen molar-refractivity contribution in [3.63, 3.8) is 0 Å². The highest BCUT2D eigenvalue weighted by Crippen LogP contribution is 2.27. The van der Waals surface area contributed by atoms with Crippen LogP contribution in [-0.2, 0) is 10.0 Å². The highest BCUT2D eigenvalue weighted by atomic mass is 79.9. The molecular formula is C12H15BrN2O2S. The second kappa shape index (κ2) is 5.03. The van der Waals surface area contributed by atoms with E-state index < -0.39 is 10.0 Å². The molecule has 0 unspecified atom stereocenters. The van der Waals surface area contributed by atoms with Crippen LogP contribution in [0.25, 0.3) is 0 Å². The average molecular weight is 331 g/mol. The van der Waals surface area contributed by atoms with Gasteiger partial charge < -0.3 is 5.73 Å². The molecule has 1 aromatic rings. The number of nitrogens with two attached hydrogens (primary N) is 1. The van der Waals surface area contributed by atoms with Gasteiger partial charge >= 0.3 is 0 Å². The lowest BCUT2D eigenvalue weighted by molar-refractivity contribution is 0.431. The smallest absolute Gasteiger partial charge is 0.245 e. The molecule has 0 atom stereocenters. The van der Waals surface area contributed by atoms with Crippen LogP contribution in [0.4, 0.5) is 5.69 Å². The van der Waals surface area contributed by atoms with Crippen molar-refractivity contribution in [1.29, 1.82) is 0 Å². The molecule has 0 spiro atoms. The van der Waals surface area contributed by atoms with E-state index in [9.17, 15) is 8.42 Å². The van der Waals surface area contributed by atoms with Crippen molar-refractivity contribution in [2.24, 2.45) is 0 Å². The zero-order chi connectivity index (χ0) is 13.3. The molecule has 0 amide bonds. The number of nitrogen functional groups attached to an aromatic ring is 1. The van der Waals surface area contributed by atoms with Crippen molar-refractivity contribution in [3.8, 4) is 0 Å². The van der Waals surface area contributed by atoms with Crippen LogP contribution in [0, 0.1) is 0 Å². The van der Waals surface area contributed by atoms with E-state index in [1.165, 1.54) is 9.88 Å². The molecule has 1 aliphatic heterocycles. The minimum atomic E-state index is -3.50. The van der Waals surface area contributed by atoms with Gasteiger partial charge in [0.15, 0.2) is 0 Å². The molecule has 0 saturated carbocycles. The Kier molecular flexibility index (Phi) is 3.79. The largest absolute Gasteiger partial charge is 0.398 e. The fourth-order valence-corrected chi connectivity index (χ4v) is 3.88. The molecule has 0 radical (unpaired) electrons. The second-order valence-electron chi connectivity index (χ2n) is 4.35. The third kappa shape index (κ3) is 2.60. The van der Waals surface area contributed by atoms with Crippen LogP contribution in [0.5, 0.6) is 0 Å². The van der Waals surface area contributed by atoms with Crippen molar-refractivity contribution in [3.05, 3.63) is 34.3 Å². The lowest BCUT2D eigenvalue weighted by atomic mass is 10.1. The molecule has 98 valence electrons. The molecule has 0 saturated heterocycles. The Morgan fingerprint density at radius 2 is 2.11 bits per heavy atom. The van der Waals surface area contributed by atoms with Crippen molar-refractivity contribution in [1.82, 2.24) is 4.31 Å². The predicted molar refractivity (Wildman–Crippen MR) is 75.7 cm³/mol. The Morgan fingerprint density at radius 3 is 2.72 bits per heavy atom. The molecule has 4 nitrogen and oxygen atoms in total. The number of hydrogen-bond donors (Lipinski definition) is 1. The summed E-state index contributed by atoms with van der Waals surface area (Å²) >= 11 is 3.27. The first-order valence-corrected chi connectivity index (χ1v) is 7.85. The minimum absolute atomic E-state index is 0.171. The van der Waals surface area contributed by atoms with Gasteiger partial charge in [-0.2, -0.15) is 4.31 Å². The van der Waals surface area contributed by atoms with E-state index in [2.05, 4.69) is 15.9 Å². The Balaban J connectivity index is 2.40. The Bertz CT molecular complexity index is 596. The molecule has 2 rings (SSSR count). The molecule has 0 bridgehead atoms. The van der Waals surface area contributed by atoms with Gasteiger partial charge in [0, 0.05) is 17.6 Å². The maximum Gasteiger partial charge on any atom is 0.245 e. The summed E-state index contributed by atoms with van der Waals surface area (Å²) < 4.78 is 27.1. The van der Waals surface area contributed by atoms with Gasteiger partial charge in [-0.15, -0.1) is 0 Å². The lowest BCUT2D eigenvalue weighted by Crippen LogP contribution is -2.35. The number of sulfonamides is 1. The third-order valence-electron chi connectivity index (χ3n) is 2.99. The van der Waals surface area contributed by atoms with Gasteiger partial charge in [-0.05, 0) is 31.5 Å². The van der Waals surface area contributed by atoms with E-state index in [1.54, 1.807) is 18.2 Å². The summed E-state index contributed by atoms with van der Waals surface area (Å²) in [6, 6.07) is 4.88. The highest BCUT2D eigenvalue weighted by molar-refractivity contribution is 9.10. The fourth-order valence-electron chi connectivity index (χ4n) is 1.84. The van der Waals surface area contributed by atoms with E-state index in [0.717, 1.165) is 6.42 Å². The van der Waals surface area contributed by atoms with E-state index >= 15 is 0 Å². The lowest BCUT2D eigenvalue weighted by Gasteiger charge is -2.25. The van der Waals surface area contributed by atoms with Crippen LogP contribution >= 0.6 is 15.9 Å². The maximum absolute atomic E-state index is 12.5. The molecular weight excluding hydrogens is 316 g/mol. The monoisotopic (exact) mass is 330 g/mol. The molecule has 0 fully saturated rings. The quantitative estimate of drug-likeness (QED) is 0.668. The fraction of sp³-hybridized carbons (Fsp3) is 0.333. The number of hydrogen-bond acceptors (Lipinski definition) is 3. The number of anilines is 1. The van der Waals surface area contributed by atoms with Crippen molar-refractivity contribution in [2.75, 3.05) is 18.8 Å². The maximum atomic E-state index is 12.5. The van der Waals surface area contributed by atoms with Crippen LogP contribution in [0.15, 0.2) is 39.2 Å². The zero-order valence-electron chi connectivity index (χ0n) is 10.1. The van der Waals surface area contributed by atoms with Gasteiger partial charge in [0.05, 0.1) is 5.69 Å². The van der Waals surface area contributed by atoms with Crippen LogP contribution in [0.2, 0.25) is 0 Å². The number of benzene rings is 1. The first-order chi connectivity index (χ1) is 8.41. The molecule has 0 aliphatic carbocycles. The van der Waals surface area contributed by atoms with E-state index in [1.807, 2.05) is 13.0 Å². The standard InChI is InChI=1S/C12H15BrN2O2S/c1-9-4-6-15(7-5-9)18(16,17)12-8-10(13)2-3-11(12)14/h2-4,8H,5-7,14H2,1H3. The van der Waals surface area contributed by atoms with E-state index in [4.69, 9.17) is 5.73 Å². The van der Waals surface area contributed by atoms with Crippen molar-refractivity contribution >= 4 is 31.6 Å². The SMILES string of the molecule is CC1=CCN(S(=O)(=O)c2cc(Br)ccc2N)CC1. The van der Waals surface area contributed by atoms with Crippen LogP contribution in [-0.4, -0.2) is 25.8 Å². The van der Waals surface area contributed by atoms with E-state index in [-0.39, 0.29) is 10.6 Å². The second-order valence-corrected chi connectivity index (χ2v) is 7.17. The average Bonchev–Trinajstić information content (AvgIpc) is 2.32. The summed E-state index contributed by atoms with van der Waals surface area (Å²) in [7, 11) is -3.50. The molecule has 18 heavy (non-hydrogen) atoms. The van der Waals surface area contributed by atoms with Crippen molar-refractivity contribution < 1.29 is 8.42 Å². The molecule has 0 aromatic heterocycles. The number of halogens is 1. The van der Waals surface area contributed by atoms with Crippen molar-refractivity contribution in [2.45, 2.75) is 18.2 Å². The van der Waals surface area contributed by atoms with Crippen LogP contribution < -0.4 is 5.73 Å². The third-order valence-corrected chi connectivity index (χ3v) is 5.41. The summed E-state index contributed by atoms with van der Waals surface area (Å²) in [5, 5.41) is 0. The van der Waals surface area contributed by atoms with Gasteiger partial charge in [-0.25, -0.2) is 8.42 Å². The summed E-state index contributed by atoms with van der Waals surface area (Å²) in [6.45, 7) is 2.94. The van der Waals surface area contributed by atoms with Crippen LogP contribution in [0.1, 0.15) is 13.3 Å². The Labute approximate surface area is 116 Å². The summed E-state index contributed by atoms with van der Waals surface area (Å²) in [6.07, 6.45) is 2.71.